The number of rotatable bonds is 4. The Morgan fingerprint density at radius 1 is 1.08 bits per heavy atom. The van der Waals surface area contributed by atoms with E-state index in [0.717, 1.165) is 17.1 Å². The van der Waals surface area contributed by atoms with Crippen molar-refractivity contribution in [3.63, 3.8) is 0 Å². The minimum Gasteiger partial charge on any atom is -0.494 e. The number of allylic oxidation sites excluding steroid dienone is 1. The summed E-state index contributed by atoms with van der Waals surface area (Å²) < 4.78 is 5.43. The molecule has 2 aromatic rings. The number of fused-ring (bicyclic) bond motifs is 1. The predicted molar refractivity (Wildman–Crippen MR) is 98.1 cm³/mol. The number of likely N-dealkylation sites (N-methyl/N-ethyl adjacent to an activating group) is 1. The molecule has 0 saturated heterocycles. The number of ether oxygens (including phenoxy) is 1. The van der Waals surface area contributed by atoms with Crippen LogP contribution in [0.2, 0.25) is 0 Å². The molecule has 1 aliphatic rings. The van der Waals surface area contributed by atoms with Gasteiger partial charge in [-0.3, -0.25) is 0 Å². The Morgan fingerprint density at radius 2 is 1.79 bits per heavy atom. The summed E-state index contributed by atoms with van der Waals surface area (Å²) in [5.74, 6) is 0.849. The van der Waals surface area contributed by atoms with Gasteiger partial charge in [-0.15, -0.1) is 0 Å². The maximum absolute atomic E-state index is 5.43. The zero-order valence-electron chi connectivity index (χ0n) is 14.7. The van der Waals surface area contributed by atoms with Crippen molar-refractivity contribution in [3.8, 4) is 5.75 Å². The van der Waals surface area contributed by atoms with Crippen LogP contribution >= 0.6 is 0 Å². The standard InChI is InChI=1S/C20H23N3O/c1-5-24-16-12-10-15(11-13-16)22-21-14-19-20(2,3)17-8-6-7-9-18(17)23(19)4/h6-14H,5H2,1-4H3. The molecule has 0 fully saturated rings. The number of hydrogen-bond donors (Lipinski definition) is 0. The van der Waals surface area contributed by atoms with E-state index < -0.39 is 0 Å². The Bertz CT molecular complexity index is 776. The fraction of sp³-hybridized carbons (Fsp3) is 0.300. The van der Waals surface area contributed by atoms with Crippen LogP contribution in [-0.4, -0.2) is 13.7 Å². The molecular formula is C20H23N3O. The first-order valence-corrected chi connectivity index (χ1v) is 8.21. The van der Waals surface area contributed by atoms with Crippen LogP contribution in [0, 0.1) is 0 Å². The highest BCUT2D eigenvalue weighted by molar-refractivity contribution is 5.69. The number of azo groups is 1. The predicted octanol–water partition coefficient (Wildman–Crippen LogP) is 5.44. The summed E-state index contributed by atoms with van der Waals surface area (Å²) in [6.07, 6.45) is 1.86. The van der Waals surface area contributed by atoms with Gasteiger partial charge in [0.05, 0.1) is 18.5 Å². The van der Waals surface area contributed by atoms with E-state index in [1.807, 2.05) is 37.4 Å². The number of para-hydroxylation sites is 1. The van der Waals surface area contributed by atoms with Crippen LogP contribution in [-0.2, 0) is 5.41 Å². The number of benzene rings is 2. The summed E-state index contributed by atoms with van der Waals surface area (Å²) in [5.41, 5.74) is 4.41. The third-order valence-corrected chi connectivity index (χ3v) is 4.44. The van der Waals surface area contributed by atoms with Crippen molar-refractivity contribution in [1.29, 1.82) is 0 Å². The number of hydrogen-bond acceptors (Lipinski definition) is 4. The molecule has 124 valence electrons. The SMILES string of the molecule is CCOc1ccc(N=NC=C2N(C)c3ccccc3C2(C)C)cc1. The van der Waals surface area contributed by atoms with Gasteiger partial charge in [0.1, 0.15) is 5.75 Å². The summed E-state index contributed by atoms with van der Waals surface area (Å²) in [6, 6.07) is 16.1. The molecule has 2 aromatic carbocycles. The molecule has 0 N–H and O–H groups in total. The third-order valence-electron chi connectivity index (χ3n) is 4.44. The van der Waals surface area contributed by atoms with Crippen molar-refractivity contribution in [2.45, 2.75) is 26.2 Å². The molecule has 0 radical (unpaired) electrons. The molecule has 0 unspecified atom stereocenters. The highest BCUT2D eigenvalue weighted by Crippen LogP contribution is 2.46. The van der Waals surface area contributed by atoms with Crippen LogP contribution in [0.25, 0.3) is 0 Å². The molecule has 0 aromatic heterocycles. The van der Waals surface area contributed by atoms with Crippen LogP contribution < -0.4 is 9.64 Å². The maximum atomic E-state index is 5.43. The van der Waals surface area contributed by atoms with Crippen LogP contribution in [0.1, 0.15) is 26.3 Å². The first-order valence-electron chi connectivity index (χ1n) is 8.21. The molecule has 24 heavy (non-hydrogen) atoms. The largest absolute Gasteiger partial charge is 0.494 e. The number of anilines is 1. The second-order valence-electron chi connectivity index (χ2n) is 6.36. The molecule has 0 bridgehead atoms. The molecule has 4 nitrogen and oxygen atoms in total. The Kier molecular flexibility index (Phi) is 4.38. The van der Waals surface area contributed by atoms with Gasteiger partial charge < -0.3 is 9.64 Å². The molecule has 4 heteroatoms. The molecule has 3 rings (SSSR count). The lowest BCUT2D eigenvalue weighted by Crippen LogP contribution is -2.22. The van der Waals surface area contributed by atoms with Gasteiger partial charge in [0.15, 0.2) is 0 Å². The lowest BCUT2D eigenvalue weighted by atomic mass is 9.84. The van der Waals surface area contributed by atoms with Crippen molar-refractivity contribution < 1.29 is 4.74 Å². The maximum Gasteiger partial charge on any atom is 0.119 e. The van der Waals surface area contributed by atoms with Crippen molar-refractivity contribution in [2.75, 3.05) is 18.6 Å². The molecule has 0 aliphatic carbocycles. The summed E-state index contributed by atoms with van der Waals surface area (Å²) in [6.45, 7) is 7.06. The van der Waals surface area contributed by atoms with Gasteiger partial charge in [-0.1, -0.05) is 32.0 Å². The Balaban J connectivity index is 1.82. The van der Waals surface area contributed by atoms with E-state index in [1.54, 1.807) is 0 Å². The van der Waals surface area contributed by atoms with E-state index in [4.69, 9.17) is 4.74 Å². The first-order chi connectivity index (χ1) is 11.5. The molecule has 0 amide bonds. The minimum atomic E-state index is -0.0802. The highest BCUT2D eigenvalue weighted by Gasteiger charge is 2.38. The van der Waals surface area contributed by atoms with Crippen molar-refractivity contribution in [1.82, 2.24) is 0 Å². The Morgan fingerprint density at radius 3 is 2.46 bits per heavy atom. The van der Waals surface area contributed by atoms with Crippen molar-refractivity contribution in [2.24, 2.45) is 10.2 Å². The molecule has 0 spiro atoms. The normalized spacial score (nSPS) is 17.5. The fourth-order valence-corrected chi connectivity index (χ4v) is 3.16. The average Bonchev–Trinajstić information content (AvgIpc) is 2.78. The van der Waals surface area contributed by atoms with Crippen LogP contribution in [0.5, 0.6) is 5.75 Å². The van der Waals surface area contributed by atoms with E-state index in [0.29, 0.717) is 6.61 Å². The van der Waals surface area contributed by atoms with Gasteiger partial charge >= 0.3 is 0 Å². The third kappa shape index (κ3) is 2.92. The second-order valence-corrected chi connectivity index (χ2v) is 6.36. The zero-order chi connectivity index (χ0) is 17.2. The summed E-state index contributed by atoms with van der Waals surface area (Å²) in [4.78, 5) is 2.19. The summed E-state index contributed by atoms with van der Waals surface area (Å²) >= 11 is 0. The fourth-order valence-electron chi connectivity index (χ4n) is 3.16. The van der Waals surface area contributed by atoms with E-state index in [1.165, 1.54) is 11.3 Å². The average molecular weight is 321 g/mol. The van der Waals surface area contributed by atoms with Gasteiger partial charge in [-0.2, -0.15) is 10.2 Å². The van der Waals surface area contributed by atoms with Gasteiger partial charge in [0.25, 0.3) is 0 Å². The molecule has 0 atom stereocenters. The monoisotopic (exact) mass is 321 g/mol. The van der Waals surface area contributed by atoms with E-state index >= 15 is 0 Å². The topological polar surface area (TPSA) is 37.2 Å². The van der Waals surface area contributed by atoms with Crippen molar-refractivity contribution in [3.05, 3.63) is 66.0 Å². The smallest absolute Gasteiger partial charge is 0.119 e. The lowest BCUT2D eigenvalue weighted by molar-refractivity contribution is 0.340. The Hall–Kier alpha value is -2.62. The minimum absolute atomic E-state index is 0.0802. The number of nitrogens with zero attached hydrogens (tertiary/aromatic N) is 3. The van der Waals surface area contributed by atoms with Crippen LogP contribution in [0.4, 0.5) is 11.4 Å². The van der Waals surface area contributed by atoms with Crippen molar-refractivity contribution >= 4 is 11.4 Å². The highest BCUT2D eigenvalue weighted by atomic mass is 16.5. The van der Waals surface area contributed by atoms with E-state index in [2.05, 4.69) is 60.3 Å². The molecule has 1 heterocycles. The van der Waals surface area contributed by atoms with Crippen LogP contribution in [0.3, 0.4) is 0 Å². The molecular weight excluding hydrogens is 298 g/mol. The van der Waals surface area contributed by atoms with Gasteiger partial charge in [-0.25, -0.2) is 0 Å². The van der Waals surface area contributed by atoms with E-state index in [-0.39, 0.29) is 5.41 Å². The summed E-state index contributed by atoms with van der Waals surface area (Å²) in [5, 5.41) is 8.61. The first kappa shape index (κ1) is 16.2. The van der Waals surface area contributed by atoms with Gasteiger partial charge in [0, 0.05) is 23.8 Å². The van der Waals surface area contributed by atoms with Crippen LogP contribution in [0.15, 0.2) is 70.7 Å². The molecule has 1 aliphatic heterocycles. The lowest BCUT2D eigenvalue weighted by Gasteiger charge is -2.22. The van der Waals surface area contributed by atoms with E-state index in [9.17, 15) is 0 Å². The zero-order valence-corrected chi connectivity index (χ0v) is 14.7. The van der Waals surface area contributed by atoms with Gasteiger partial charge in [-0.05, 0) is 42.8 Å². The summed E-state index contributed by atoms with van der Waals surface area (Å²) in [7, 11) is 2.08. The van der Waals surface area contributed by atoms with Gasteiger partial charge in [0.2, 0.25) is 0 Å². The second kappa shape index (κ2) is 6.48. The quantitative estimate of drug-likeness (QED) is 0.703. The molecule has 0 saturated carbocycles. The Labute approximate surface area is 143 Å².